The van der Waals surface area contributed by atoms with Crippen molar-refractivity contribution in [3.05, 3.63) is 48.5 Å². The quantitative estimate of drug-likeness (QED) is 0.859. The molecule has 0 bridgehead atoms. The molecule has 0 fully saturated rings. The molecular weight excluding hydrogens is 242 g/mol. The van der Waals surface area contributed by atoms with Crippen molar-refractivity contribution in [3.8, 4) is 0 Å². The summed E-state index contributed by atoms with van der Waals surface area (Å²) in [6, 6.07) is 9.58. The van der Waals surface area contributed by atoms with Crippen molar-refractivity contribution in [2.45, 2.75) is 13.5 Å². The normalized spacial score (nSPS) is 10.4. The molecule has 1 N–H and O–H groups in total. The van der Waals surface area contributed by atoms with E-state index in [-0.39, 0.29) is 6.54 Å². The highest BCUT2D eigenvalue weighted by Gasteiger charge is 2.10. The van der Waals surface area contributed by atoms with E-state index in [9.17, 15) is 4.79 Å². The van der Waals surface area contributed by atoms with E-state index in [2.05, 4.69) is 4.98 Å². The van der Waals surface area contributed by atoms with E-state index in [0.29, 0.717) is 13.1 Å². The topological polar surface area (TPSA) is 58.4 Å². The molecule has 5 heteroatoms. The molecule has 1 aromatic heterocycles. The van der Waals surface area contributed by atoms with Gasteiger partial charge in [-0.1, -0.05) is 18.2 Å². The fraction of sp³-hybridized carbons (Fsp3) is 0.286. The molecule has 0 amide bonds. The Morgan fingerprint density at radius 3 is 2.68 bits per heavy atom. The molecule has 5 nitrogen and oxygen atoms in total. The first-order chi connectivity index (χ1) is 9.16. The zero-order chi connectivity index (χ0) is 13.7. The van der Waals surface area contributed by atoms with Gasteiger partial charge in [0.2, 0.25) is 0 Å². The molecule has 0 unspecified atom stereocenters. The molecule has 0 atom stereocenters. The number of anilines is 1. The van der Waals surface area contributed by atoms with Gasteiger partial charge in [-0.2, -0.15) is 0 Å². The average molecular weight is 259 g/mol. The van der Waals surface area contributed by atoms with Crippen LogP contribution in [0, 0.1) is 6.92 Å². The van der Waals surface area contributed by atoms with Gasteiger partial charge in [0.1, 0.15) is 12.4 Å². The fourth-order valence-corrected chi connectivity index (χ4v) is 1.97. The minimum atomic E-state index is -0.828. The lowest BCUT2D eigenvalue weighted by Gasteiger charge is -2.23. The summed E-state index contributed by atoms with van der Waals surface area (Å²) < 4.78 is 2.01. The van der Waals surface area contributed by atoms with E-state index in [4.69, 9.17) is 5.11 Å². The summed E-state index contributed by atoms with van der Waals surface area (Å²) in [6.07, 6.45) is 3.65. The predicted octanol–water partition coefficient (Wildman–Crippen LogP) is 1.78. The number of nitrogens with zero attached hydrogens (tertiary/aromatic N) is 3. The molecule has 0 spiro atoms. The van der Waals surface area contributed by atoms with Gasteiger partial charge in [0, 0.05) is 31.2 Å². The Hall–Kier alpha value is -2.30. The summed E-state index contributed by atoms with van der Waals surface area (Å²) in [5.74, 6) is 0.106. The number of benzene rings is 1. The van der Waals surface area contributed by atoms with Gasteiger partial charge in [-0.25, -0.2) is 4.98 Å². The predicted molar refractivity (Wildman–Crippen MR) is 73.3 cm³/mol. The van der Waals surface area contributed by atoms with Crippen LogP contribution in [0.15, 0.2) is 42.7 Å². The Balaban J connectivity index is 2.06. The van der Waals surface area contributed by atoms with Gasteiger partial charge >= 0.3 is 5.97 Å². The zero-order valence-corrected chi connectivity index (χ0v) is 10.9. The summed E-state index contributed by atoms with van der Waals surface area (Å²) >= 11 is 0. The third kappa shape index (κ3) is 3.58. The van der Waals surface area contributed by atoms with E-state index in [1.807, 2.05) is 52.9 Å². The number of hydrogen-bond donors (Lipinski definition) is 1. The molecule has 19 heavy (non-hydrogen) atoms. The first kappa shape index (κ1) is 13.1. The third-order valence-electron chi connectivity index (χ3n) is 2.98. The summed E-state index contributed by atoms with van der Waals surface area (Å²) in [5, 5.41) is 9.00. The minimum absolute atomic E-state index is 0.00222. The number of carboxylic acid groups (broad SMARTS) is 1. The molecule has 100 valence electrons. The minimum Gasteiger partial charge on any atom is -0.480 e. The van der Waals surface area contributed by atoms with E-state index < -0.39 is 5.97 Å². The van der Waals surface area contributed by atoms with Gasteiger partial charge < -0.3 is 14.6 Å². The second kappa shape index (κ2) is 6.04. The Morgan fingerprint density at radius 2 is 2.11 bits per heavy atom. The van der Waals surface area contributed by atoms with Crippen LogP contribution in [0.1, 0.15) is 5.82 Å². The van der Waals surface area contributed by atoms with E-state index in [1.165, 1.54) is 0 Å². The molecule has 1 heterocycles. The van der Waals surface area contributed by atoms with Gasteiger partial charge in [-0.3, -0.25) is 4.79 Å². The van der Waals surface area contributed by atoms with Crippen molar-refractivity contribution < 1.29 is 9.90 Å². The smallest absolute Gasteiger partial charge is 0.323 e. The Bertz CT molecular complexity index is 537. The van der Waals surface area contributed by atoms with Gasteiger partial charge in [0.05, 0.1) is 0 Å². The summed E-state index contributed by atoms with van der Waals surface area (Å²) in [6.45, 7) is 3.28. The maximum absolute atomic E-state index is 11.0. The number of para-hydroxylation sites is 1. The number of rotatable bonds is 6. The molecule has 0 saturated heterocycles. The van der Waals surface area contributed by atoms with Crippen molar-refractivity contribution in [1.29, 1.82) is 0 Å². The van der Waals surface area contributed by atoms with Crippen LogP contribution >= 0.6 is 0 Å². The van der Waals surface area contributed by atoms with Gasteiger partial charge in [-0.15, -0.1) is 0 Å². The molecule has 1 aromatic carbocycles. The van der Waals surface area contributed by atoms with Crippen molar-refractivity contribution >= 4 is 11.7 Å². The van der Waals surface area contributed by atoms with Crippen molar-refractivity contribution in [2.24, 2.45) is 0 Å². The highest BCUT2D eigenvalue weighted by atomic mass is 16.4. The van der Waals surface area contributed by atoms with Crippen LogP contribution in [0.2, 0.25) is 0 Å². The van der Waals surface area contributed by atoms with Crippen LogP contribution in [-0.4, -0.2) is 33.7 Å². The largest absolute Gasteiger partial charge is 0.480 e. The first-order valence-corrected chi connectivity index (χ1v) is 6.16. The van der Waals surface area contributed by atoms with E-state index in [0.717, 1.165) is 11.5 Å². The highest BCUT2D eigenvalue weighted by molar-refractivity contribution is 5.73. The lowest BCUT2D eigenvalue weighted by Crippen LogP contribution is -2.32. The Morgan fingerprint density at radius 1 is 1.37 bits per heavy atom. The number of aryl methyl sites for hydroxylation is 1. The Labute approximate surface area is 112 Å². The van der Waals surface area contributed by atoms with Crippen LogP contribution in [0.4, 0.5) is 5.69 Å². The number of hydrogen-bond acceptors (Lipinski definition) is 3. The zero-order valence-electron chi connectivity index (χ0n) is 10.9. The molecule has 0 aliphatic rings. The summed E-state index contributed by atoms with van der Waals surface area (Å²) in [4.78, 5) is 17.0. The molecule has 0 saturated carbocycles. The number of aliphatic carboxylic acids is 1. The number of carboxylic acids is 1. The van der Waals surface area contributed by atoms with Gasteiger partial charge in [-0.05, 0) is 19.1 Å². The first-order valence-electron chi connectivity index (χ1n) is 6.16. The van der Waals surface area contributed by atoms with E-state index in [1.54, 1.807) is 6.20 Å². The number of imidazole rings is 1. The van der Waals surface area contributed by atoms with Crippen LogP contribution in [0.25, 0.3) is 0 Å². The van der Waals surface area contributed by atoms with Gasteiger partial charge in [0.15, 0.2) is 0 Å². The second-order valence-electron chi connectivity index (χ2n) is 4.32. The summed E-state index contributed by atoms with van der Waals surface area (Å²) in [7, 11) is 0. The maximum atomic E-state index is 11.0. The standard InChI is InChI=1S/C14H17N3O2/c1-12-15-7-8-16(12)9-10-17(11-14(18)19)13-5-3-2-4-6-13/h2-8H,9-11H2,1H3,(H,18,19). The van der Waals surface area contributed by atoms with Crippen LogP contribution in [-0.2, 0) is 11.3 Å². The second-order valence-corrected chi connectivity index (χ2v) is 4.32. The number of carbonyl (C=O) groups is 1. The van der Waals surface area contributed by atoms with Crippen LogP contribution in [0.3, 0.4) is 0 Å². The van der Waals surface area contributed by atoms with Crippen molar-refractivity contribution in [3.63, 3.8) is 0 Å². The maximum Gasteiger partial charge on any atom is 0.323 e. The van der Waals surface area contributed by atoms with Crippen molar-refractivity contribution in [2.75, 3.05) is 18.0 Å². The molecule has 2 rings (SSSR count). The number of aromatic nitrogens is 2. The lowest BCUT2D eigenvalue weighted by molar-refractivity contribution is -0.135. The molecule has 0 aliphatic carbocycles. The third-order valence-corrected chi connectivity index (χ3v) is 2.98. The molecular formula is C14H17N3O2. The SMILES string of the molecule is Cc1nccn1CCN(CC(=O)O)c1ccccc1. The van der Waals surface area contributed by atoms with Gasteiger partial charge in [0.25, 0.3) is 0 Å². The highest BCUT2D eigenvalue weighted by Crippen LogP contribution is 2.13. The summed E-state index contributed by atoms with van der Waals surface area (Å²) in [5.41, 5.74) is 0.919. The van der Waals surface area contributed by atoms with Crippen LogP contribution < -0.4 is 4.90 Å². The lowest BCUT2D eigenvalue weighted by atomic mass is 10.3. The van der Waals surface area contributed by atoms with Crippen LogP contribution in [0.5, 0.6) is 0 Å². The van der Waals surface area contributed by atoms with Crippen molar-refractivity contribution in [1.82, 2.24) is 9.55 Å². The average Bonchev–Trinajstić information content (AvgIpc) is 2.81. The monoisotopic (exact) mass is 259 g/mol. The van der Waals surface area contributed by atoms with E-state index >= 15 is 0 Å². The molecule has 0 radical (unpaired) electrons. The molecule has 2 aromatic rings. The Kier molecular flexibility index (Phi) is 4.18. The molecule has 0 aliphatic heterocycles. The fourth-order valence-electron chi connectivity index (χ4n) is 1.97.